The van der Waals surface area contributed by atoms with Crippen LogP contribution in [0.1, 0.15) is 15.9 Å². The first kappa shape index (κ1) is 18.5. The van der Waals surface area contributed by atoms with Gasteiger partial charge in [-0.05, 0) is 24.3 Å². The monoisotopic (exact) mass is 398 g/mol. The Kier molecular flexibility index (Phi) is 6.20. The van der Waals surface area contributed by atoms with E-state index in [1.807, 2.05) is 23.2 Å². The summed E-state index contributed by atoms with van der Waals surface area (Å²) in [5, 5.41) is 3.61. The van der Waals surface area contributed by atoms with E-state index in [4.69, 9.17) is 34.8 Å². The number of piperazine rings is 1. The largest absolute Gasteiger partial charge is 0.329 e. The fraction of sp³-hybridized carbons (Fsp3) is 0.278. The molecule has 0 spiro atoms. The zero-order valence-electron chi connectivity index (χ0n) is 13.6. The summed E-state index contributed by atoms with van der Waals surface area (Å²) in [5.41, 5.74) is 4.50. The van der Waals surface area contributed by atoms with Crippen LogP contribution in [0.25, 0.3) is 0 Å². The topological polar surface area (TPSA) is 36.8 Å². The number of carbonyl (C=O) groups is 1. The maximum absolute atomic E-state index is 12.4. The Morgan fingerprint density at radius 3 is 2.44 bits per heavy atom. The van der Waals surface area contributed by atoms with Gasteiger partial charge in [0.05, 0.1) is 36.8 Å². The van der Waals surface area contributed by atoms with Crippen molar-refractivity contribution >= 4 is 40.7 Å². The normalized spacial score (nSPS) is 16.0. The molecule has 25 heavy (non-hydrogen) atoms. The average molecular weight is 400 g/mol. The minimum atomic E-state index is -0.212. The van der Waals surface area contributed by atoms with Gasteiger partial charge < -0.3 is 4.90 Å². The molecule has 3 rings (SSSR count). The minimum absolute atomic E-state index is 0.212. The lowest BCUT2D eigenvalue weighted by atomic mass is 10.2. The van der Waals surface area contributed by atoms with Crippen LogP contribution in [0.5, 0.6) is 0 Å². The van der Waals surface area contributed by atoms with Crippen LogP contribution in [0.15, 0.2) is 42.5 Å². The van der Waals surface area contributed by atoms with E-state index in [1.165, 1.54) is 4.90 Å². The third-order valence-electron chi connectivity index (χ3n) is 4.30. The molecule has 1 heterocycles. The molecule has 2 N–H and O–H groups in total. The van der Waals surface area contributed by atoms with Crippen LogP contribution >= 0.6 is 34.8 Å². The van der Waals surface area contributed by atoms with Crippen molar-refractivity contribution in [3.8, 4) is 0 Å². The van der Waals surface area contributed by atoms with Gasteiger partial charge in [-0.3, -0.25) is 10.2 Å². The second-order valence-corrected chi connectivity index (χ2v) is 7.32. The first-order chi connectivity index (χ1) is 12.0. The van der Waals surface area contributed by atoms with Crippen molar-refractivity contribution in [1.82, 2.24) is 10.4 Å². The molecule has 1 amide bonds. The number of rotatable bonds is 4. The lowest BCUT2D eigenvalue weighted by molar-refractivity contribution is -0.918. The smallest absolute Gasteiger partial charge is 0.267 e. The summed E-state index contributed by atoms with van der Waals surface area (Å²) >= 11 is 18.2. The van der Waals surface area contributed by atoms with Crippen LogP contribution in [0.4, 0.5) is 0 Å². The van der Waals surface area contributed by atoms with E-state index in [0.29, 0.717) is 15.6 Å². The molecule has 0 unspecified atom stereocenters. The van der Waals surface area contributed by atoms with E-state index < -0.39 is 0 Å². The Morgan fingerprint density at radius 1 is 1.04 bits per heavy atom. The Balaban J connectivity index is 1.52. The molecule has 0 atom stereocenters. The lowest BCUT2D eigenvalue weighted by Crippen LogP contribution is -3.13. The van der Waals surface area contributed by atoms with E-state index in [9.17, 15) is 4.79 Å². The molecule has 2 aromatic carbocycles. The lowest BCUT2D eigenvalue weighted by Gasteiger charge is -2.32. The minimum Gasteiger partial charge on any atom is -0.329 e. The van der Waals surface area contributed by atoms with Gasteiger partial charge in [-0.2, -0.15) is 0 Å². The Labute approximate surface area is 162 Å². The van der Waals surface area contributed by atoms with E-state index >= 15 is 0 Å². The number of amides is 1. The second kappa shape index (κ2) is 8.39. The van der Waals surface area contributed by atoms with Crippen LogP contribution in [-0.4, -0.2) is 37.1 Å². The third-order valence-corrected chi connectivity index (χ3v) is 5.22. The molecule has 1 aliphatic heterocycles. The molecular weight excluding hydrogens is 381 g/mol. The van der Waals surface area contributed by atoms with Crippen LogP contribution in [0, 0.1) is 0 Å². The molecule has 1 fully saturated rings. The second-order valence-electron chi connectivity index (χ2n) is 6.07. The fourth-order valence-electron chi connectivity index (χ4n) is 2.90. The number of quaternary nitrogens is 1. The molecular formula is C18H19Cl3N3O+. The van der Waals surface area contributed by atoms with Gasteiger partial charge in [0.15, 0.2) is 0 Å². The number of hydrazine groups is 1. The highest BCUT2D eigenvalue weighted by Gasteiger charge is 2.23. The van der Waals surface area contributed by atoms with Crippen molar-refractivity contribution in [2.45, 2.75) is 6.54 Å². The van der Waals surface area contributed by atoms with E-state index in [-0.39, 0.29) is 5.91 Å². The van der Waals surface area contributed by atoms with Crippen molar-refractivity contribution < 1.29 is 9.69 Å². The molecule has 0 bridgehead atoms. The molecule has 0 saturated carbocycles. The summed E-state index contributed by atoms with van der Waals surface area (Å²) in [6.07, 6.45) is 0. The maximum Gasteiger partial charge on any atom is 0.267 e. The standard InChI is InChI=1S/C18H18Cl3N3O/c19-14-5-6-15(17(21)11-14)18(25)22-24-9-7-23(8-10-24)12-13-3-1-2-4-16(13)20/h1-6,11H,7-10,12H2,(H,22,25)/p+1. The summed E-state index contributed by atoms with van der Waals surface area (Å²) in [6, 6.07) is 12.8. The Morgan fingerprint density at radius 2 is 1.76 bits per heavy atom. The van der Waals surface area contributed by atoms with Crippen LogP contribution in [-0.2, 0) is 6.54 Å². The Bertz CT molecular complexity index is 761. The van der Waals surface area contributed by atoms with Gasteiger partial charge in [0.2, 0.25) is 0 Å². The quantitative estimate of drug-likeness (QED) is 0.829. The number of nitrogens with one attached hydrogen (secondary N) is 2. The average Bonchev–Trinajstić information content (AvgIpc) is 2.58. The summed E-state index contributed by atoms with van der Waals surface area (Å²) < 4.78 is 0. The summed E-state index contributed by atoms with van der Waals surface area (Å²) in [7, 11) is 0. The molecule has 0 aromatic heterocycles. The fourth-order valence-corrected chi connectivity index (χ4v) is 3.60. The van der Waals surface area contributed by atoms with Gasteiger partial charge >= 0.3 is 0 Å². The van der Waals surface area contributed by atoms with Gasteiger partial charge in [0.1, 0.15) is 6.54 Å². The molecule has 1 saturated heterocycles. The van der Waals surface area contributed by atoms with Crippen LogP contribution < -0.4 is 10.3 Å². The number of carbonyl (C=O) groups excluding carboxylic acids is 1. The number of benzene rings is 2. The predicted octanol–water partition coefficient (Wildman–Crippen LogP) is 2.69. The highest BCUT2D eigenvalue weighted by Crippen LogP contribution is 2.20. The highest BCUT2D eigenvalue weighted by atomic mass is 35.5. The highest BCUT2D eigenvalue weighted by molar-refractivity contribution is 6.36. The van der Waals surface area contributed by atoms with Gasteiger partial charge in [-0.1, -0.05) is 53.0 Å². The molecule has 1 aliphatic rings. The van der Waals surface area contributed by atoms with Gasteiger partial charge in [-0.15, -0.1) is 0 Å². The maximum atomic E-state index is 12.4. The van der Waals surface area contributed by atoms with Gasteiger partial charge in [-0.25, -0.2) is 5.01 Å². The summed E-state index contributed by atoms with van der Waals surface area (Å²) in [4.78, 5) is 13.8. The van der Waals surface area contributed by atoms with Crippen molar-refractivity contribution in [3.63, 3.8) is 0 Å². The number of hydrogen-bond donors (Lipinski definition) is 2. The summed E-state index contributed by atoms with van der Waals surface area (Å²) in [5.74, 6) is -0.212. The van der Waals surface area contributed by atoms with Crippen LogP contribution in [0.3, 0.4) is 0 Å². The molecule has 7 heteroatoms. The van der Waals surface area contributed by atoms with Crippen molar-refractivity contribution in [1.29, 1.82) is 0 Å². The summed E-state index contributed by atoms with van der Waals surface area (Å²) in [6.45, 7) is 4.30. The molecule has 132 valence electrons. The van der Waals surface area contributed by atoms with Gasteiger partial charge in [0, 0.05) is 15.6 Å². The van der Waals surface area contributed by atoms with Crippen molar-refractivity contribution in [2.24, 2.45) is 0 Å². The molecule has 2 aromatic rings. The first-order valence-corrected chi connectivity index (χ1v) is 9.24. The molecule has 4 nitrogen and oxygen atoms in total. The number of halogens is 3. The predicted molar refractivity (Wildman–Crippen MR) is 101 cm³/mol. The number of nitrogens with zero attached hydrogens (tertiary/aromatic N) is 1. The first-order valence-electron chi connectivity index (χ1n) is 8.11. The third kappa shape index (κ3) is 4.87. The van der Waals surface area contributed by atoms with Crippen LogP contribution in [0.2, 0.25) is 15.1 Å². The zero-order chi connectivity index (χ0) is 17.8. The molecule has 0 radical (unpaired) electrons. The van der Waals surface area contributed by atoms with E-state index in [1.54, 1.807) is 18.2 Å². The van der Waals surface area contributed by atoms with E-state index in [2.05, 4.69) is 11.5 Å². The van der Waals surface area contributed by atoms with Gasteiger partial charge in [0.25, 0.3) is 5.91 Å². The van der Waals surface area contributed by atoms with Crippen molar-refractivity contribution in [2.75, 3.05) is 26.2 Å². The number of hydrogen-bond acceptors (Lipinski definition) is 2. The van der Waals surface area contributed by atoms with Crippen molar-refractivity contribution in [3.05, 3.63) is 68.7 Å². The molecule has 0 aliphatic carbocycles. The SMILES string of the molecule is O=C(NN1CC[NH+](Cc2ccccc2Cl)CC1)c1ccc(Cl)cc1Cl. The Hall–Kier alpha value is -1.30. The zero-order valence-corrected chi connectivity index (χ0v) is 15.8. The van der Waals surface area contributed by atoms with E-state index in [0.717, 1.165) is 43.3 Å².